The number of rotatable bonds is 3. The molecule has 1 heterocycles. The summed E-state index contributed by atoms with van der Waals surface area (Å²) in [5.74, 6) is 0.799. The third-order valence-electron chi connectivity index (χ3n) is 2.12. The lowest BCUT2D eigenvalue weighted by Gasteiger charge is -2.07. The first-order chi connectivity index (χ1) is 7.69. The van der Waals surface area contributed by atoms with Gasteiger partial charge in [-0.1, -0.05) is 10.2 Å². The smallest absolute Gasteiger partial charge is 0.321 e. The fourth-order valence-corrected chi connectivity index (χ4v) is 1.30. The number of methoxy groups -OCH3 is 1. The molecule has 16 heavy (non-hydrogen) atoms. The summed E-state index contributed by atoms with van der Waals surface area (Å²) in [6, 6.07) is 5.92. The molecule has 1 aromatic heterocycles. The predicted molar refractivity (Wildman–Crippen MR) is 59.7 cm³/mol. The van der Waals surface area contributed by atoms with Crippen molar-refractivity contribution in [2.24, 2.45) is 0 Å². The van der Waals surface area contributed by atoms with Gasteiger partial charge >= 0.3 is 12.0 Å². The number of aryl methyl sites for hydroxylation is 1. The SMILES string of the molecule is COc1ccc(Nc2nnc(N)o2)c(C)c1. The summed E-state index contributed by atoms with van der Waals surface area (Å²) in [5, 5.41) is 10.2. The van der Waals surface area contributed by atoms with Crippen LogP contribution in [0.15, 0.2) is 22.6 Å². The van der Waals surface area contributed by atoms with Gasteiger partial charge in [0.05, 0.1) is 7.11 Å². The van der Waals surface area contributed by atoms with Crippen molar-refractivity contribution in [3.05, 3.63) is 23.8 Å². The Balaban J connectivity index is 2.21. The molecule has 0 fully saturated rings. The van der Waals surface area contributed by atoms with Crippen LogP contribution < -0.4 is 15.8 Å². The van der Waals surface area contributed by atoms with E-state index in [0.29, 0.717) is 0 Å². The Kier molecular flexibility index (Phi) is 2.63. The normalized spacial score (nSPS) is 10.1. The van der Waals surface area contributed by atoms with Crippen molar-refractivity contribution in [1.29, 1.82) is 0 Å². The molecule has 0 aliphatic heterocycles. The van der Waals surface area contributed by atoms with E-state index < -0.39 is 0 Å². The predicted octanol–water partition coefficient (Wildman–Crippen LogP) is 1.71. The number of nitrogens with one attached hydrogen (secondary N) is 1. The molecule has 3 N–H and O–H groups in total. The molecule has 0 aliphatic rings. The van der Waals surface area contributed by atoms with E-state index in [9.17, 15) is 0 Å². The minimum absolute atomic E-state index is 0.0358. The quantitative estimate of drug-likeness (QED) is 0.818. The second kappa shape index (κ2) is 4.09. The van der Waals surface area contributed by atoms with Gasteiger partial charge < -0.3 is 20.2 Å². The molecule has 0 saturated carbocycles. The standard InChI is InChI=1S/C10H12N4O2/c1-6-5-7(15-2)3-4-8(6)12-10-14-13-9(11)16-10/h3-5H,1-2H3,(H2,11,13)(H,12,14). The highest BCUT2D eigenvalue weighted by atomic mass is 16.5. The molecule has 0 unspecified atom stereocenters. The van der Waals surface area contributed by atoms with Crippen LogP contribution in [-0.4, -0.2) is 17.3 Å². The lowest BCUT2D eigenvalue weighted by Crippen LogP contribution is -1.94. The summed E-state index contributed by atoms with van der Waals surface area (Å²) >= 11 is 0. The van der Waals surface area contributed by atoms with Gasteiger partial charge in [-0.2, -0.15) is 0 Å². The molecule has 84 valence electrons. The number of benzene rings is 1. The second-order valence-corrected chi connectivity index (χ2v) is 3.25. The van der Waals surface area contributed by atoms with Crippen LogP contribution in [0.3, 0.4) is 0 Å². The van der Waals surface area contributed by atoms with Crippen LogP contribution in [0.1, 0.15) is 5.56 Å². The molecule has 2 aromatic rings. The molecule has 6 nitrogen and oxygen atoms in total. The summed E-state index contributed by atoms with van der Waals surface area (Å²) in [7, 11) is 1.63. The Labute approximate surface area is 92.4 Å². The molecule has 0 aliphatic carbocycles. The zero-order chi connectivity index (χ0) is 11.5. The van der Waals surface area contributed by atoms with Crippen molar-refractivity contribution in [3.63, 3.8) is 0 Å². The number of ether oxygens (including phenoxy) is 1. The zero-order valence-corrected chi connectivity index (χ0v) is 9.02. The fraction of sp³-hybridized carbons (Fsp3) is 0.200. The molecule has 0 saturated heterocycles. The lowest BCUT2D eigenvalue weighted by atomic mass is 10.2. The Hall–Kier alpha value is -2.24. The topological polar surface area (TPSA) is 86.2 Å². The monoisotopic (exact) mass is 220 g/mol. The van der Waals surface area contributed by atoms with E-state index in [1.807, 2.05) is 25.1 Å². The molecule has 0 spiro atoms. The molecule has 6 heteroatoms. The van der Waals surface area contributed by atoms with Crippen LogP contribution in [0.4, 0.5) is 17.7 Å². The van der Waals surface area contributed by atoms with Crippen LogP contribution in [0, 0.1) is 6.92 Å². The van der Waals surface area contributed by atoms with E-state index in [0.717, 1.165) is 17.0 Å². The molecule has 0 bridgehead atoms. The van der Waals surface area contributed by atoms with E-state index in [2.05, 4.69) is 15.5 Å². The van der Waals surface area contributed by atoms with Crippen LogP contribution in [0.5, 0.6) is 5.75 Å². The molecule has 1 aromatic carbocycles. The Morgan fingerprint density at radius 3 is 2.75 bits per heavy atom. The molecular weight excluding hydrogens is 208 g/mol. The number of nitrogen functional groups attached to an aromatic ring is 1. The molecule has 2 rings (SSSR count). The third-order valence-corrected chi connectivity index (χ3v) is 2.12. The van der Waals surface area contributed by atoms with Gasteiger partial charge in [0.25, 0.3) is 0 Å². The van der Waals surface area contributed by atoms with E-state index in [1.165, 1.54) is 0 Å². The number of aromatic nitrogens is 2. The average Bonchev–Trinajstić information content (AvgIpc) is 2.67. The third kappa shape index (κ3) is 2.05. The Morgan fingerprint density at radius 2 is 2.19 bits per heavy atom. The highest BCUT2D eigenvalue weighted by Crippen LogP contribution is 2.24. The van der Waals surface area contributed by atoms with Gasteiger partial charge in [0.2, 0.25) is 0 Å². The van der Waals surface area contributed by atoms with E-state index in [4.69, 9.17) is 14.9 Å². The molecule has 0 atom stereocenters. The Morgan fingerprint density at radius 1 is 1.38 bits per heavy atom. The maximum absolute atomic E-state index is 5.32. The van der Waals surface area contributed by atoms with E-state index >= 15 is 0 Å². The van der Waals surface area contributed by atoms with Crippen LogP contribution in [0.25, 0.3) is 0 Å². The lowest BCUT2D eigenvalue weighted by molar-refractivity contribution is 0.414. The van der Waals surface area contributed by atoms with Gasteiger partial charge in [-0.3, -0.25) is 0 Å². The van der Waals surface area contributed by atoms with Crippen LogP contribution in [0.2, 0.25) is 0 Å². The number of anilines is 3. The first kappa shape index (κ1) is 10.3. The number of nitrogens with two attached hydrogens (primary N) is 1. The molecular formula is C10H12N4O2. The summed E-state index contributed by atoms with van der Waals surface area (Å²) in [6.07, 6.45) is 0. The minimum atomic E-state index is 0.0358. The zero-order valence-electron chi connectivity index (χ0n) is 9.02. The van der Waals surface area contributed by atoms with E-state index in [-0.39, 0.29) is 12.0 Å². The number of hydrogen-bond acceptors (Lipinski definition) is 6. The highest BCUT2D eigenvalue weighted by Gasteiger charge is 2.05. The fourth-order valence-electron chi connectivity index (χ4n) is 1.30. The first-order valence-corrected chi connectivity index (χ1v) is 4.69. The van der Waals surface area contributed by atoms with Gasteiger partial charge in [0, 0.05) is 5.69 Å². The van der Waals surface area contributed by atoms with E-state index in [1.54, 1.807) is 7.11 Å². The van der Waals surface area contributed by atoms with Crippen LogP contribution >= 0.6 is 0 Å². The highest BCUT2D eigenvalue weighted by molar-refractivity contribution is 5.59. The Bertz CT molecular complexity index is 495. The van der Waals surface area contributed by atoms with Crippen molar-refractivity contribution in [2.75, 3.05) is 18.2 Å². The minimum Gasteiger partial charge on any atom is -0.497 e. The van der Waals surface area contributed by atoms with Gasteiger partial charge in [0.15, 0.2) is 0 Å². The van der Waals surface area contributed by atoms with Gasteiger partial charge in [-0.05, 0) is 30.7 Å². The summed E-state index contributed by atoms with van der Waals surface area (Å²) in [4.78, 5) is 0. The average molecular weight is 220 g/mol. The second-order valence-electron chi connectivity index (χ2n) is 3.25. The first-order valence-electron chi connectivity index (χ1n) is 4.69. The van der Waals surface area contributed by atoms with Gasteiger partial charge in [-0.15, -0.1) is 0 Å². The number of nitrogens with zero attached hydrogens (tertiary/aromatic N) is 2. The van der Waals surface area contributed by atoms with Crippen molar-refractivity contribution in [3.8, 4) is 5.75 Å². The summed E-state index contributed by atoms with van der Waals surface area (Å²) < 4.78 is 10.1. The maximum Gasteiger partial charge on any atom is 0.321 e. The number of hydrogen-bond donors (Lipinski definition) is 2. The summed E-state index contributed by atoms with van der Waals surface area (Å²) in [6.45, 7) is 1.95. The summed E-state index contributed by atoms with van der Waals surface area (Å²) in [5.41, 5.74) is 7.19. The van der Waals surface area contributed by atoms with Crippen molar-refractivity contribution in [1.82, 2.24) is 10.2 Å². The van der Waals surface area contributed by atoms with Crippen LogP contribution in [-0.2, 0) is 0 Å². The van der Waals surface area contributed by atoms with Gasteiger partial charge in [0.1, 0.15) is 5.75 Å². The van der Waals surface area contributed by atoms with Crippen molar-refractivity contribution < 1.29 is 9.15 Å². The molecule has 0 amide bonds. The maximum atomic E-state index is 5.32. The largest absolute Gasteiger partial charge is 0.497 e. The van der Waals surface area contributed by atoms with Crippen molar-refractivity contribution >= 4 is 17.7 Å². The van der Waals surface area contributed by atoms with Gasteiger partial charge in [-0.25, -0.2) is 0 Å². The molecule has 0 radical (unpaired) electrons. The van der Waals surface area contributed by atoms with Crippen molar-refractivity contribution in [2.45, 2.75) is 6.92 Å².